The van der Waals surface area contributed by atoms with Crippen molar-refractivity contribution in [2.75, 3.05) is 23.4 Å². The molecule has 1 atom stereocenters. The minimum atomic E-state index is -0.541. The van der Waals surface area contributed by atoms with Crippen LogP contribution in [0.15, 0.2) is 18.2 Å². The number of carbonyl (C=O) groups is 2. The van der Waals surface area contributed by atoms with E-state index < -0.39 is 5.60 Å². The van der Waals surface area contributed by atoms with Crippen LogP contribution < -0.4 is 10.2 Å². The number of nitrogens with one attached hydrogen (secondary N) is 1. The fraction of sp³-hybridized carbons (Fsp3) is 0.579. The second-order valence-corrected chi connectivity index (χ2v) is 7.57. The summed E-state index contributed by atoms with van der Waals surface area (Å²) < 4.78 is 10.9. The van der Waals surface area contributed by atoms with E-state index in [1.807, 2.05) is 39.0 Å². The first-order valence-electron chi connectivity index (χ1n) is 8.89. The molecule has 6 nitrogen and oxygen atoms in total. The molecule has 0 aromatic heterocycles. The third kappa shape index (κ3) is 4.31. The van der Waals surface area contributed by atoms with Gasteiger partial charge in [0.1, 0.15) is 11.7 Å². The van der Waals surface area contributed by atoms with Crippen LogP contribution in [0.1, 0.15) is 45.6 Å². The summed E-state index contributed by atoms with van der Waals surface area (Å²) in [7, 11) is 0. The summed E-state index contributed by atoms with van der Waals surface area (Å²) >= 11 is 0. The number of carbonyl (C=O) groups excluding carboxylic acids is 2. The second kappa shape index (κ2) is 7.04. The minimum absolute atomic E-state index is 0.128. The lowest BCUT2D eigenvalue weighted by Gasteiger charge is -2.32. The molecule has 2 aliphatic rings. The Balaban J connectivity index is 1.77. The molecule has 3 rings (SSSR count). The minimum Gasteiger partial charge on any atom is -0.443 e. The topological polar surface area (TPSA) is 67.9 Å². The number of ether oxygens (including phenoxy) is 2. The van der Waals surface area contributed by atoms with Crippen molar-refractivity contribution in [3.8, 4) is 0 Å². The maximum Gasteiger partial charge on any atom is 0.414 e. The van der Waals surface area contributed by atoms with Gasteiger partial charge in [0, 0.05) is 18.8 Å². The normalized spacial score (nSPS) is 20.1. The monoisotopic (exact) mass is 346 g/mol. The van der Waals surface area contributed by atoms with Gasteiger partial charge in [0.15, 0.2) is 0 Å². The molecule has 1 saturated heterocycles. The van der Waals surface area contributed by atoms with Crippen molar-refractivity contribution in [2.45, 2.75) is 58.2 Å². The molecule has 0 aliphatic carbocycles. The lowest BCUT2D eigenvalue weighted by Crippen LogP contribution is -2.39. The Hall–Kier alpha value is -2.08. The fourth-order valence-corrected chi connectivity index (χ4v) is 3.17. The molecule has 25 heavy (non-hydrogen) atoms. The number of rotatable bonds is 2. The lowest BCUT2D eigenvalue weighted by molar-refractivity contribution is -0.124. The quantitative estimate of drug-likeness (QED) is 0.890. The van der Waals surface area contributed by atoms with Crippen molar-refractivity contribution < 1.29 is 19.1 Å². The molecule has 0 radical (unpaired) electrons. The highest BCUT2D eigenvalue weighted by molar-refractivity contribution is 5.96. The smallest absolute Gasteiger partial charge is 0.414 e. The number of anilines is 2. The maximum atomic E-state index is 12.5. The van der Waals surface area contributed by atoms with Crippen LogP contribution in [0, 0.1) is 0 Å². The summed E-state index contributed by atoms with van der Waals surface area (Å²) in [5, 5.41) is 2.90. The van der Waals surface area contributed by atoms with Gasteiger partial charge in [-0.1, -0.05) is 6.07 Å². The highest BCUT2D eigenvalue weighted by atomic mass is 16.6. The molecule has 1 N–H and O–H groups in total. The Morgan fingerprint density at radius 3 is 2.76 bits per heavy atom. The number of hydrogen-bond acceptors (Lipinski definition) is 4. The Morgan fingerprint density at radius 2 is 2.08 bits per heavy atom. The van der Waals surface area contributed by atoms with Crippen LogP contribution in [-0.2, 0) is 20.7 Å². The SMILES string of the molecule is CC(C)(C)OC(=O)N1CCCc2ccc(NC(=O)[C@@H]3CCCO3)cc21. The van der Waals surface area contributed by atoms with E-state index in [-0.39, 0.29) is 18.1 Å². The molecular weight excluding hydrogens is 320 g/mol. The Kier molecular flexibility index (Phi) is 4.99. The van der Waals surface area contributed by atoms with Crippen molar-refractivity contribution in [3.05, 3.63) is 23.8 Å². The van der Waals surface area contributed by atoms with Gasteiger partial charge < -0.3 is 14.8 Å². The molecule has 0 unspecified atom stereocenters. The molecule has 136 valence electrons. The Labute approximate surface area is 148 Å². The molecular formula is C19H26N2O4. The average Bonchev–Trinajstić information content (AvgIpc) is 3.07. The summed E-state index contributed by atoms with van der Waals surface area (Å²) in [5.74, 6) is -0.128. The zero-order valence-corrected chi connectivity index (χ0v) is 15.1. The van der Waals surface area contributed by atoms with Crippen LogP contribution in [0.25, 0.3) is 0 Å². The largest absolute Gasteiger partial charge is 0.443 e. The van der Waals surface area contributed by atoms with Gasteiger partial charge >= 0.3 is 6.09 Å². The van der Waals surface area contributed by atoms with Crippen molar-refractivity contribution >= 4 is 23.4 Å². The maximum absolute atomic E-state index is 12.5. The molecule has 1 aromatic rings. The van der Waals surface area contributed by atoms with Gasteiger partial charge in [-0.25, -0.2) is 4.79 Å². The van der Waals surface area contributed by atoms with Crippen LogP contribution in [0.5, 0.6) is 0 Å². The van der Waals surface area contributed by atoms with Crippen molar-refractivity contribution in [1.82, 2.24) is 0 Å². The highest BCUT2D eigenvalue weighted by Gasteiger charge is 2.28. The van der Waals surface area contributed by atoms with E-state index in [2.05, 4.69) is 5.32 Å². The predicted octanol–water partition coefficient (Wildman–Crippen LogP) is 3.49. The molecule has 2 amide bonds. The number of fused-ring (bicyclic) bond motifs is 1. The Bertz CT molecular complexity index is 660. The van der Waals surface area contributed by atoms with Gasteiger partial charge in [0.05, 0.1) is 5.69 Å². The van der Waals surface area contributed by atoms with E-state index in [9.17, 15) is 9.59 Å². The summed E-state index contributed by atoms with van der Waals surface area (Å²) in [5.41, 5.74) is 2.04. The van der Waals surface area contributed by atoms with Gasteiger partial charge in [-0.2, -0.15) is 0 Å². The second-order valence-electron chi connectivity index (χ2n) is 7.57. The van der Waals surface area contributed by atoms with Crippen LogP contribution in [0.2, 0.25) is 0 Å². The zero-order chi connectivity index (χ0) is 18.0. The van der Waals surface area contributed by atoms with E-state index >= 15 is 0 Å². The molecule has 0 spiro atoms. The van der Waals surface area contributed by atoms with Gasteiger partial charge in [-0.3, -0.25) is 9.69 Å². The highest BCUT2D eigenvalue weighted by Crippen LogP contribution is 2.31. The standard InChI is InChI=1S/C19H26N2O4/c1-19(2,3)25-18(23)21-10-4-6-13-8-9-14(12-15(13)21)20-17(22)16-7-5-11-24-16/h8-9,12,16H,4-7,10-11H2,1-3H3,(H,20,22)/t16-/m0/s1. The molecule has 0 saturated carbocycles. The first-order valence-corrected chi connectivity index (χ1v) is 8.89. The number of aryl methyl sites for hydroxylation is 1. The molecule has 0 bridgehead atoms. The zero-order valence-electron chi connectivity index (χ0n) is 15.1. The van der Waals surface area contributed by atoms with E-state index in [0.717, 1.165) is 36.9 Å². The first-order chi connectivity index (χ1) is 11.8. The van der Waals surface area contributed by atoms with Crippen molar-refractivity contribution in [2.24, 2.45) is 0 Å². The molecule has 2 aliphatic heterocycles. The number of hydrogen-bond donors (Lipinski definition) is 1. The van der Waals surface area contributed by atoms with E-state index in [1.54, 1.807) is 4.90 Å². The molecule has 2 heterocycles. The summed E-state index contributed by atoms with van der Waals surface area (Å²) in [6, 6.07) is 5.70. The van der Waals surface area contributed by atoms with E-state index in [1.165, 1.54) is 0 Å². The lowest BCUT2D eigenvalue weighted by atomic mass is 10.0. The molecule has 6 heteroatoms. The van der Waals surface area contributed by atoms with Gasteiger partial charge in [-0.15, -0.1) is 0 Å². The van der Waals surface area contributed by atoms with Crippen molar-refractivity contribution in [1.29, 1.82) is 0 Å². The van der Waals surface area contributed by atoms with Crippen LogP contribution in [0.3, 0.4) is 0 Å². The van der Waals surface area contributed by atoms with Crippen LogP contribution in [0.4, 0.5) is 16.2 Å². The number of benzene rings is 1. The van der Waals surface area contributed by atoms with Gasteiger partial charge in [0.25, 0.3) is 5.91 Å². The Morgan fingerprint density at radius 1 is 1.28 bits per heavy atom. The van der Waals surface area contributed by atoms with Crippen LogP contribution >= 0.6 is 0 Å². The third-order valence-electron chi connectivity index (χ3n) is 4.31. The van der Waals surface area contributed by atoms with Gasteiger partial charge in [0.2, 0.25) is 0 Å². The van der Waals surface area contributed by atoms with Crippen LogP contribution in [-0.4, -0.2) is 36.9 Å². The molecule has 1 fully saturated rings. The van der Waals surface area contributed by atoms with E-state index in [4.69, 9.17) is 9.47 Å². The summed E-state index contributed by atoms with van der Waals surface area (Å²) in [4.78, 5) is 26.4. The predicted molar refractivity (Wildman–Crippen MR) is 95.9 cm³/mol. The van der Waals surface area contributed by atoms with Crippen molar-refractivity contribution in [3.63, 3.8) is 0 Å². The molecule has 1 aromatic carbocycles. The first kappa shape index (κ1) is 17.7. The number of nitrogens with zero attached hydrogens (tertiary/aromatic N) is 1. The van der Waals surface area contributed by atoms with Gasteiger partial charge in [-0.05, 0) is 64.2 Å². The number of amides is 2. The fourth-order valence-electron chi connectivity index (χ4n) is 3.17. The summed E-state index contributed by atoms with van der Waals surface area (Å²) in [6.45, 7) is 6.82. The third-order valence-corrected chi connectivity index (χ3v) is 4.31. The van der Waals surface area contributed by atoms with E-state index in [0.29, 0.717) is 18.8 Å². The average molecular weight is 346 g/mol. The summed E-state index contributed by atoms with van der Waals surface area (Å²) in [6.07, 6.45) is 2.74.